The number of benzene rings is 3. The van der Waals surface area contributed by atoms with E-state index in [1.54, 1.807) is 7.11 Å². The Balaban J connectivity index is 1.55. The lowest BCUT2D eigenvalue weighted by Gasteiger charge is -2.17. The molecule has 0 spiro atoms. The molecule has 0 bridgehead atoms. The van der Waals surface area contributed by atoms with Crippen LogP contribution in [0.25, 0.3) is 11.1 Å². The molecule has 4 heteroatoms. The summed E-state index contributed by atoms with van der Waals surface area (Å²) in [5.74, 6) is 0.735. The molecule has 0 heterocycles. The molecule has 0 radical (unpaired) electrons. The Morgan fingerprint density at radius 3 is 2.22 bits per heavy atom. The van der Waals surface area contributed by atoms with E-state index in [-0.39, 0.29) is 18.5 Å². The quantitative estimate of drug-likeness (QED) is 0.645. The largest absolute Gasteiger partial charge is 0.496 e. The zero-order chi connectivity index (χ0) is 19.1. The lowest BCUT2D eigenvalue weighted by Crippen LogP contribution is -2.30. The third-order valence-electron chi connectivity index (χ3n) is 4.45. The minimum atomic E-state index is -0.0794. The number of anilines is 1. The van der Waals surface area contributed by atoms with Crippen LogP contribution in [0, 0.1) is 0 Å². The van der Waals surface area contributed by atoms with Crippen molar-refractivity contribution in [2.24, 2.45) is 0 Å². The number of methoxy groups -OCH3 is 1. The second-order valence-corrected chi connectivity index (χ2v) is 6.34. The first kappa shape index (κ1) is 18.7. The summed E-state index contributed by atoms with van der Waals surface area (Å²) >= 11 is 0. The van der Waals surface area contributed by atoms with Crippen molar-refractivity contribution in [2.45, 2.75) is 13.0 Å². The van der Waals surface area contributed by atoms with Crippen LogP contribution in [0.2, 0.25) is 0 Å². The SMILES string of the molecule is COc1ccccc1C(C)NCC(=O)Nc1ccc(-c2ccccc2)cc1. The molecule has 4 nitrogen and oxygen atoms in total. The molecule has 138 valence electrons. The van der Waals surface area contributed by atoms with Gasteiger partial charge in [-0.15, -0.1) is 0 Å². The number of amides is 1. The highest BCUT2D eigenvalue weighted by molar-refractivity contribution is 5.92. The van der Waals surface area contributed by atoms with E-state index in [1.165, 1.54) is 0 Å². The van der Waals surface area contributed by atoms with Gasteiger partial charge in [0.1, 0.15) is 5.75 Å². The molecule has 2 N–H and O–H groups in total. The number of carbonyl (C=O) groups excluding carboxylic acids is 1. The standard InChI is InChI=1S/C23H24N2O2/c1-17(21-10-6-7-11-22(21)27-2)24-16-23(26)25-20-14-12-19(13-15-20)18-8-4-3-5-9-18/h3-15,17,24H,16H2,1-2H3,(H,25,26). The summed E-state index contributed by atoms with van der Waals surface area (Å²) in [7, 11) is 1.65. The predicted molar refractivity (Wildman–Crippen MR) is 110 cm³/mol. The Morgan fingerprint density at radius 2 is 1.52 bits per heavy atom. The van der Waals surface area contributed by atoms with Crippen LogP contribution >= 0.6 is 0 Å². The molecule has 0 aliphatic heterocycles. The summed E-state index contributed by atoms with van der Waals surface area (Å²) in [6, 6.07) is 25.8. The molecule has 1 amide bonds. The van der Waals surface area contributed by atoms with Gasteiger partial charge in [-0.3, -0.25) is 4.79 Å². The molecule has 1 unspecified atom stereocenters. The van der Waals surface area contributed by atoms with Crippen molar-refractivity contribution in [2.75, 3.05) is 19.0 Å². The van der Waals surface area contributed by atoms with Crippen LogP contribution in [0.15, 0.2) is 78.9 Å². The Labute approximate surface area is 160 Å². The van der Waals surface area contributed by atoms with Crippen LogP contribution < -0.4 is 15.4 Å². The molecule has 3 aromatic rings. The maximum absolute atomic E-state index is 12.3. The first-order valence-electron chi connectivity index (χ1n) is 8.99. The molecular formula is C23H24N2O2. The number of nitrogens with one attached hydrogen (secondary N) is 2. The van der Waals surface area contributed by atoms with Crippen molar-refractivity contribution < 1.29 is 9.53 Å². The normalized spacial score (nSPS) is 11.6. The summed E-state index contributed by atoms with van der Waals surface area (Å²) in [6.07, 6.45) is 0. The second-order valence-electron chi connectivity index (χ2n) is 6.34. The average Bonchev–Trinajstić information content (AvgIpc) is 2.73. The summed E-state index contributed by atoms with van der Waals surface area (Å²) in [6.45, 7) is 2.24. The minimum absolute atomic E-state index is 0.00681. The van der Waals surface area contributed by atoms with Gasteiger partial charge in [-0.2, -0.15) is 0 Å². The Kier molecular flexibility index (Phi) is 6.23. The Bertz CT molecular complexity index is 876. The van der Waals surface area contributed by atoms with Crippen molar-refractivity contribution in [1.29, 1.82) is 0 Å². The van der Waals surface area contributed by atoms with Crippen molar-refractivity contribution in [3.05, 3.63) is 84.4 Å². The zero-order valence-electron chi connectivity index (χ0n) is 15.6. The van der Waals surface area contributed by atoms with Gasteiger partial charge in [0.15, 0.2) is 0 Å². The van der Waals surface area contributed by atoms with E-state index < -0.39 is 0 Å². The molecule has 3 rings (SSSR count). The fourth-order valence-electron chi connectivity index (χ4n) is 2.96. The van der Waals surface area contributed by atoms with Crippen LogP contribution in [0.5, 0.6) is 5.75 Å². The van der Waals surface area contributed by atoms with Crippen molar-refractivity contribution in [3.63, 3.8) is 0 Å². The van der Waals surface area contributed by atoms with Gasteiger partial charge in [-0.25, -0.2) is 0 Å². The number of hydrogen-bond donors (Lipinski definition) is 2. The smallest absolute Gasteiger partial charge is 0.238 e. The molecule has 0 aliphatic rings. The summed E-state index contributed by atoms with van der Waals surface area (Å²) in [5.41, 5.74) is 4.09. The molecule has 27 heavy (non-hydrogen) atoms. The topological polar surface area (TPSA) is 50.4 Å². The average molecular weight is 360 g/mol. The van der Waals surface area contributed by atoms with E-state index in [0.29, 0.717) is 0 Å². The Hall–Kier alpha value is -3.11. The molecule has 0 aromatic heterocycles. The second kappa shape index (κ2) is 9.01. The van der Waals surface area contributed by atoms with Crippen LogP contribution in [0.1, 0.15) is 18.5 Å². The van der Waals surface area contributed by atoms with E-state index in [0.717, 1.165) is 28.1 Å². The lowest BCUT2D eigenvalue weighted by atomic mass is 10.1. The van der Waals surface area contributed by atoms with Gasteiger partial charge in [-0.1, -0.05) is 60.7 Å². The van der Waals surface area contributed by atoms with Crippen LogP contribution in [-0.4, -0.2) is 19.6 Å². The van der Waals surface area contributed by atoms with Gasteiger partial charge in [0, 0.05) is 17.3 Å². The third-order valence-corrected chi connectivity index (χ3v) is 4.45. The first-order valence-corrected chi connectivity index (χ1v) is 8.99. The van der Waals surface area contributed by atoms with Crippen LogP contribution in [-0.2, 0) is 4.79 Å². The van der Waals surface area contributed by atoms with Gasteiger partial charge in [0.2, 0.25) is 5.91 Å². The van der Waals surface area contributed by atoms with Crippen molar-refractivity contribution in [3.8, 4) is 16.9 Å². The van der Waals surface area contributed by atoms with Gasteiger partial charge in [0.05, 0.1) is 13.7 Å². The molecular weight excluding hydrogens is 336 g/mol. The summed E-state index contributed by atoms with van der Waals surface area (Å²) in [4.78, 5) is 12.3. The highest BCUT2D eigenvalue weighted by atomic mass is 16.5. The minimum Gasteiger partial charge on any atom is -0.496 e. The summed E-state index contributed by atoms with van der Waals surface area (Å²) in [5, 5.41) is 6.16. The van der Waals surface area contributed by atoms with Gasteiger partial charge in [-0.05, 0) is 36.2 Å². The van der Waals surface area contributed by atoms with Crippen molar-refractivity contribution in [1.82, 2.24) is 5.32 Å². The monoisotopic (exact) mass is 360 g/mol. The first-order chi connectivity index (χ1) is 13.2. The molecule has 1 atom stereocenters. The number of rotatable bonds is 7. The Morgan fingerprint density at radius 1 is 0.889 bits per heavy atom. The highest BCUT2D eigenvalue weighted by Crippen LogP contribution is 2.24. The molecule has 0 aliphatic carbocycles. The lowest BCUT2D eigenvalue weighted by molar-refractivity contribution is -0.115. The van der Waals surface area contributed by atoms with E-state index in [4.69, 9.17) is 4.74 Å². The van der Waals surface area contributed by atoms with Gasteiger partial charge < -0.3 is 15.4 Å². The summed E-state index contributed by atoms with van der Waals surface area (Å²) < 4.78 is 5.38. The third kappa shape index (κ3) is 4.96. The number of carbonyl (C=O) groups is 1. The van der Waals surface area contributed by atoms with Crippen LogP contribution in [0.3, 0.4) is 0 Å². The van der Waals surface area contributed by atoms with E-state index in [9.17, 15) is 4.79 Å². The number of para-hydroxylation sites is 1. The molecule has 0 saturated carbocycles. The van der Waals surface area contributed by atoms with Crippen LogP contribution in [0.4, 0.5) is 5.69 Å². The zero-order valence-corrected chi connectivity index (χ0v) is 15.6. The fourth-order valence-corrected chi connectivity index (χ4v) is 2.96. The van der Waals surface area contributed by atoms with Crippen molar-refractivity contribution >= 4 is 11.6 Å². The number of ether oxygens (including phenoxy) is 1. The molecule has 0 saturated heterocycles. The van der Waals surface area contributed by atoms with E-state index in [2.05, 4.69) is 22.8 Å². The molecule has 0 fully saturated rings. The maximum atomic E-state index is 12.3. The molecule has 3 aromatic carbocycles. The highest BCUT2D eigenvalue weighted by Gasteiger charge is 2.12. The van der Waals surface area contributed by atoms with Gasteiger partial charge >= 0.3 is 0 Å². The predicted octanol–water partition coefficient (Wildman–Crippen LogP) is 4.65. The van der Waals surface area contributed by atoms with E-state index >= 15 is 0 Å². The van der Waals surface area contributed by atoms with Gasteiger partial charge in [0.25, 0.3) is 0 Å². The maximum Gasteiger partial charge on any atom is 0.238 e. The number of hydrogen-bond acceptors (Lipinski definition) is 3. The fraction of sp³-hybridized carbons (Fsp3) is 0.174. The van der Waals surface area contributed by atoms with E-state index in [1.807, 2.05) is 73.7 Å².